The van der Waals surface area contributed by atoms with Crippen molar-refractivity contribution in [1.29, 1.82) is 0 Å². The van der Waals surface area contributed by atoms with Gasteiger partial charge in [-0.15, -0.1) is 0 Å². The molecule has 21 heavy (non-hydrogen) atoms. The van der Waals surface area contributed by atoms with Crippen LogP contribution in [-0.4, -0.2) is 33.4 Å². The zero-order valence-electron chi connectivity index (χ0n) is 12.0. The standard InChI is InChI=1S/C16H18N4O/c1-10-2-3-12-11(6-10)7-14(19-12)16(21)20-5-4-13-15(8-20)18-9-17-13/h2-3,6,9,14,19H,4-5,7-8H2,1H3,(H,17,18)/t14-/m1/s1. The SMILES string of the molecule is Cc1ccc2c(c1)C[C@H](C(=O)N1CCc3nc[nH]c3C1)N2. The van der Waals surface area contributed by atoms with Gasteiger partial charge >= 0.3 is 0 Å². The van der Waals surface area contributed by atoms with Gasteiger partial charge in [0.25, 0.3) is 0 Å². The molecule has 2 N–H and O–H groups in total. The molecule has 0 radical (unpaired) electrons. The number of H-pyrrole nitrogens is 1. The highest BCUT2D eigenvalue weighted by Gasteiger charge is 2.32. The van der Waals surface area contributed by atoms with Crippen LogP contribution in [0.25, 0.3) is 0 Å². The molecule has 5 heteroatoms. The number of nitrogens with zero attached hydrogens (tertiary/aromatic N) is 2. The summed E-state index contributed by atoms with van der Waals surface area (Å²) in [4.78, 5) is 22.1. The summed E-state index contributed by atoms with van der Waals surface area (Å²) in [5, 5.41) is 3.36. The number of hydrogen-bond donors (Lipinski definition) is 2. The molecule has 3 heterocycles. The monoisotopic (exact) mass is 282 g/mol. The average Bonchev–Trinajstić information content (AvgIpc) is 3.11. The molecule has 108 valence electrons. The van der Waals surface area contributed by atoms with Crippen LogP contribution in [0, 0.1) is 6.92 Å². The minimum absolute atomic E-state index is 0.133. The fourth-order valence-corrected chi connectivity index (χ4v) is 3.26. The van der Waals surface area contributed by atoms with Gasteiger partial charge in [-0.1, -0.05) is 17.7 Å². The average molecular weight is 282 g/mol. The van der Waals surface area contributed by atoms with Gasteiger partial charge in [0.05, 0.1) is 24.3 Å². The van der Waals surface area contributed by atoms with Gasteiger partial charge in [0.2, 0.25) is 5.91 Å². The van der Waals surface area contributed by atoms with Gasteiger partial charge in [-0.25, -0.2) is 4.98 Å². The smallest absolute Gasteiger partial charge is 0.245 e. The molecule has 1 amide bonds. The van der Waals surface area contributed by atoms with Crippen LogP contribution in [0.5, 0.6) is 0 Å². The van der Waals surface area contributed by atoms with Crippen LogP contribution in [0.15, 0.2) is 24.5 Å². The first kappa shape index (κ1) is 12.4. The number of benzene rings is 1. The number of amides is 1. The molecule has 1 aromatic heterocycles. The summed E-state index contributed by atoms with van der Waals surface area (Å²) in [6.07, 6.45) is 3.33. The number of rotatable bonds is 1. The highest BCUT2D eigenvalue weighted by molar-refractivity contribution is 5.87. The van der Waals surface area contributed by atoms with Gasteiger partial charge in [-0.05, 0) is 18.6 Å². The van der Waals surface area contributed by atoms with E-state index in [0.717, 1.165) is 36.5 Å². The van der Waals surface area contributed by atoms with Crippen LogP contribution < -0.4 is 5.32 Å². The zero-order chi connectivity index (χ0) is 14.4. The molecule has 2 aliphatic rings. The van der Waals surface area contributed by atoms with E-state index in [1.54, 1.807) is 6.33 Å². The Labute approximate surface area is 123 Å². The molecule has 1 aromatic carbocycles. The lowest BCUT2D eigenvalue weighted by Gasteiger charge is -2.28. The van der Waals surface area contributed by atoms with Gasteiger partial charge < -0.3 is 15.2 Å². The van der Waals surface area contributed by atoms with Crippen LogP contribution in [0.4, 0.5) is 5.69 Å². The number of carbonyl (C=O) groups excluding carboxylic acids is 1. The molecule has 0 unspecified atom stereocenters. The number of aromatic nitrogens is 2. The molecule has 0 saturated heterocycles. The maximum absolute atomic E-state index is 12.7. The Morgan fingerprint density at radius 1 is 1.43 bits per heavy atom. The number of hydrogen-bond acceptors (Lipinski definition) is 3. The molecule has 0 spiro atoms. The fraction of sp³-hybridized carbons (Fsp3) is 0.375. The lowest BCUT2D eigenvalue weighted by molar-refractivity contribution is -0.132. The fourth-order valence-electron chi connectivity index (χ4n) is 3.26. The molecular weight excluding hydrogens is 264 g/mol. The number of anilines is 1. The van der Waals surface area contributed by atoms with E-state index in [1.165, 1.54) is 11.1 Å². The number of aromatic amines is 1. The first-order valence-electron chi connectivity index (χ1n) is 7.36. The van der Waals surface area contributed by atoms with Gasteiger partial charge in [-0.3, -0.25) is 4.79 Å². The molecule has 5 nitrogen and oxygen atoms in total. The summed E-state index contributed by atoms with van der Waals surface area (Å²) in [7, 11) is 0. The summed E-state index contributed by atoms with van der Waals surface area (Å²) in [6.45, 7) is 3.48. The van der Waals surface area contributed by atoms with E-state index in [4.69, 9.17) is 0 Å². The van der Waals surface area contributed by atoms with E-state index in [2.05, 4.69) is 40.4 Å². The summed E-state index contributed by atoms with van der Waals surface area (Å²) in [5.41, 5.74) is 5.74. The summed E-state index contributed by atoms with van der Waals surface area (Å²) in [6, 6.07) is 6.18. The van der Waals surface area contributed by atoms with E-state index < -0.39 is 0 Å². The van der Waals surface area contributed by atoms with Crippen LogP contribution in [0.3, 0.4) is 0 Å². The lowest BCUT2D eigenvalue weighted by Crippen LogP contribution is -2.44. The van der Waals surface area contributed by atoms with E-state index in [-0.39, 0.29) is 11.9 Å². The van der Waals surface area contributed by atoms with Crippen molar-refractivity contribution in [2.24, 2.45) is 0 Å². The number of fused-ring (bicyclic) bond motifs is 2. The highest BCUT2D eigenvalue weighted by Crippen LogP contribution is 2.28. The van der Waals surface area contributed by atoms with Crippen molar-refractivity contribution >= 4 is 11.6 Å². The van der Waals surface area contributed by atoms with Crippen LogP contribution in [0.2, 0.25) is 0 Å². The summed E-state index contributed by atoms with van der Waals surface area (Å²) < 4.78 is 0. The van der Waals surface area contributed by atoms with E-state index in [0.29, 0.717) is 6.54 Å². The predicted octanol–water partition coefficient (Wildman–Crippen LogP) is 1.64. The third kappa shape index (κ3) is 2.09. The highest BCUT2D eigenvalue weighted by atomic mass is 16.2. The van der Waals surface area contributed by atoms with Gasteiger partial charge in [0.15, 0.2) is 0 Å². The largest absolute Gasteiger partial charge is 0.373 e. The van der Waals surface area contributed by atoms with Crippen molar-refractivity contribution in [1.82, 2.24) is 14.9 Å². The van der Waals surface area contributed by atoms with Crippen molar-refractivity contribution in [3.63, 3.8) is 0 Å². The molecule has 2 aliphatic heterocycles. The number of aryl methyl sites for hydroxylation is 1. The molecule has 0 aliphatic carbocycles. The molecular formula is C16H18N4O. The van der Waals surface area contributed by atoms with Crippen molar-refractivity contribution in [2.75, 3.05) is 11.9 Å². The second-order valence-electron chi connectivity index (χ2n) is 5.90. The molecule has 4 rings (SSSR count). The van der Waals surface area contributed by atoms with Crippen LogP contribution >= 0.6 is 0 Å². The van der Waals surface area contributed by atoms with Gasteiger partial charge in [-0.2, -0.15) is 0 Å². The Morgan fingerprint density at radius 2 is 2.33 bits per heavy atom. The Hall–Kier alpha value is -2.30. The van der Waals surface area contributed by atoms with E-state index in [1.807, 2.05) is 4.90 Å². The first-order chi connectivity index (χ1) is 10.2. The van der Waals surface area contributed by atoms with Crippen molar-refractivity contribution in [3.8, 4) is 0 Å². The number of imidazole rings is 1. The molecule has 2 aromatic rings. The van der Waals surface area contributed by atoms with Crippen LogP contribution in [0.1, 0.15) is 22.5 Å². The minimum Gasteiger partial charge on any atom is -0.373 e. The number of carbonyl (C=O) groups is 1. The second-order valence-corrected chi connectivity index (χ2v) is 5.90. The summed E-state index contributed by atoms with van der Waals surface area (Å²) >= 11 is 0. The Bertz CT molecular complexity index is 706. The topological polar surface area (TPSA) is 61.0 Å². The van der Waals surface area contributed by atoms with Crippen LogP contribution in [-0.2, 0) is 24.2 Å². The Morgan fingerprint density at radius 3 is 3.24 bits per heavy atom. The van der Waals surface area contributed by atoms with Crippen molar-refractivity contribution in [2.45, 2.75) is 32.4 Å². The summed E-state index contributed by atoms with van der Waals surface area (Å²) in [5.74, 6) is 0.184. The number of nitrogens with one attached hydrogen (secondary N) is 2. The first-order valence-corrected chi connectivity index (χ1v) is 7.36. The van der Waals surface area contributed by atoms with Gasteiger partial charge in [0, 0.05) is 25.1 Å². The third-order valence-electron chi connectivity index (χ3n) is 4.40. The third-order valence-corrected chi connectivity index (χ3v) is 4.40. The molecule has 1 atom stereocenters. The quantitative estimate of drug-likeness (QED) is 0.836. The lowest BCUT2D eigenvalue weighted by atomic mass is 10.1. The maximum Gasteiger partial charge on any atom is 0.245 e. The van der Waals surface area contributed by atoms with Crippen molar-refractivity contribution in [3.05, 3.63) is 47.0 Å². The van der Waals surface area contributed by atoms with Crippen molar-refractivity contribution < 1.29 is 4.79 Å². The van der Waals surface area contributed by atoms with Gasteiger partial charge in [0.1, 0.15) is 6.04 Å². The normalized spacial score (nSPS) is 19.9. The molecule has 0 bridgehead atoms. The minimum atomic E-state index is -0.133. The van der Waals surface area contributed by atoms with E-state index in [9.17, 15) is 4.79 Å². The molecule has 0 saturated carbocycles. The second kappa shape index (κ2) is 4.62. The van der Waals surface area contributed by atoms with E-state index >= 15 is 0 Å². The Balaban J connectivity index is 1.50. The predicted molar refractivity (Wildman–Crippen MR) is 80.0 cm³/mol. The Kier molecular flexibility index (Phi) is 2.74. The zero-order valence-corrected chi connectivity index (χ0v) is 12.0. The molecule has 0 fully saturated rings. The maximum atomic E-state index is 12.7.